The third-order valence-corrected chi connectivity index (χ3v) is 7.36. The number of nitrogens with one attached hydrogen (secondary N) is 1. The van der Waals surface area contributed by atoms with Gasteiger partial charge in [0.15, 0.2) is 5.16 Å². The van der Waals surface area contributed by atoms with E-state index in [-0.39, 0.29) is 11.7 Å². The molecule has 0 bridgehead atoms. The molecular formula is C21H26N6OS2. The summed E-state index contributed by atoms with van der Waals surface area (Å²) in [4.78, 5) is 12.3. The molecule has 0 radical (unpaired) electrons. The summed E-state index contributed by atoms with van der Waals surface area (Å²) < 4.78 is 2.01. The van der Waals surface area contributed by atoms with E-state index in [1.54, 1.807) is 0 Å². The first kappa shape index (κ1) is 21.0. The lowest BCUT2D eigenvalue weighted by Gasteiger charge is -2.20. The van der Waals surface area contributed by atoms with Crippen molar-refractivity contribution < 1.29 is 4.79 Å². The maximum Gasteiger partial charge on any atom is 0.236 e. The fourth-order valence-electron chi connectivity index (χ4n) is 3.75. The Morgan fingerprint density at radius 3 is 2.73 bits per heavy atom. The fourth-order valence-corrected chi connectivity index (χ4v) is 5.25. The van der Waals surface area contributed by atoms with Crippen LogP contribution in [0, 0.1) is 5.92 Å². The second-order valence-electron chi connectivity index (χ2n) is 7.62. The smallest absolute Gasteiger partial charge is 0.236 e. The Morgan fingerprint density at radius 1 is 1.13 bits per heavy atom. The highest BCUT2D eigenvalue weighted by molar-refractivity contribution is 7.99. The lowest BCUT2D eigenvalue weighted by Crippen LogP contribution is -2.14. The van der Waals surface area contributed by atoms with Crippen molar-refractivity contribution in [3.63, 3.8) is 0 Å². The number of carbonyl (C=O) groups is 1. The number of amides is 1. The van der Waals surface area contributed by atoms with Gasteiger partial charge in [0.2, 0.25) is 11.0 Å². The monoisotopic (exact) mass is 442 g/mol. The summed E-state index contributed by atoms with van der Waals surface area (Å²) >= 11 is 2.76. The molecule has 30 heavy (non-hydrogen) atoms. The van der Waals surface area contributed by atoms with Crippen LogP contribution in [-0.4, -0.2) is 36.6 Å². The predicted molar refractivity (Wildman–Crippen MR) is 121 cm³/mol. The minimum absolute atomic E-state index is 0.123. The Labute approximate surface area is 184 Å². The SMILES string of the molecule is Cn1c(CCC2CCCCC2)nnc1SCC(=O)Nc1nnc(-c2ccccc2)s1. The number of hydrogen-bond acceptors (Lipinski definition) is 7. The van der Waals surface area contributed by atoms with Crippen LogP contribution >= 0.6 is 23.1 Å². The number of aryl methyl sites for hydroxylation is 1. The van der Waals surface area contributed by atoms with Crippen molar-refractivity contribution in [2.75, 3.05) is 11.1 Å². The average molecular weight is 443 g/mol. The molecule has 1 fully saturated rings. The van der Waals surface area contributed by atoms with E-state index in [4.69, 9.17) is 0 Å². The Hall–Kier alpha value is -2.26. The van der Waals surface area contributed by atoms with Gasteiger partial charge in [-0.3, -0.25) is 10.1 Å². The van der Waals surface area contributed by atoms with Crippen LogP contribution in [0.4, 0.5) is 5.13 Å². The standard InChI is InChI=1S/C21H26N6OS2/c1-27-17(13-12-15-8-4-2-5-9-15)23-26-21(27)29-14-18(28)22-20-25-24-19(30-20)16-10-6-3-7-11-16/h3,6-7,10-11,15H,2,4-5,8-9,12-14H2,1H3,(H,22,25,28). The van der Waals surface area contributed by atoms with Crippen LogP contribution in [0.1, 0.15) is 44.3 Å². The second kappa shape index (κ2) is 10.2. The molecule has 9 heteroatoms. The van der Waals surface area contributed by atoms with Gasteiger partial charge in [0.05, 0.1) is 5.75 Å². The summed E-state index contributed by atoms with van der Waals surface area (Å²) in [7, 11) is 1.98. The van der Waals surface area contributed by atoms with Crippen LogP contribution in [0.15, 0.2) is 35.5 Å². The molecule has 1 saturated carbocycles. The van der Waals surface area contributed by atoms with Gasteiger partial charge >= 0.3 is 0 Å². The molecule has 1 aromatic carbocycles. The van der Waals surface area contributed by atoms with Gasteiger partial charge in [-0.05, 0) is 12.3 Å². The summed E-state index contributed by atoms with van der Waals surface area (Å²) in [5, 5.41) is 21.7. The van der Waals surface area contributed by atoms with Crippen molar-refractivity contribution in [3.05, 3.63) is 36.2 Å². The molecule has 1 N–H and O–H groups in total. The first-order valence-electron chi connectivity index (χ1n) is 10.4. The van der Waals surface area contributed by atoms with E-state index < -0.39 is 0 Å². The van der Waals surface area contributed by atoms with E-state index in [1.807, 2.05) is 41.9 Å². The molecule has 0 atom stereocenters. The van der Waals surface area contributed by atoms with Crippen LogP contribution in [0.5, 0.6) is 0 Å². The van der Waals surface area contributed by atoms with Crippen LogP contribution in [0.3, 0.4) is 0 Å². The zero-order valence-corrected chi connectivity index (χ0v) is 18.7. The molecule has 7 nitrogen and oxygen atoms in total. The molecule has 2 heterocycles. The topological polar surface area (TPSA) is 85.6 Å². The highest BCUT2D eigenvalue weighted by Crippen LogP contribution is 2.28. The van der Waals surface area contributed by atoms with Crippen LogP contribution < -0.4 is 5.32 Å². The maximum atomic E-state index is 12.3. The van der Waals surface area contributed by atoms with E-state index in [9.17, 15) is 4.79 Å². The van der Waals surface area contributed by atoms with Crippen molar-refractivity contribution in [3.8, 4) is 10.6 Å². The zero-order chi connectivity index (χ0) is 20.8. The Balaban J connectivity index is 1.26. The van der Waals surface area contributed by atoms with E-state index in [0.29, 0.717) is 5.13 Å². The van der Waals surface area contributed by atoms with Crippen molar-refractivity contribution in [1.82, 2.24) is 25.0 Å². The van der Waals surface area contributed by atoms with Crippen molar-refractivity contribution in [1.29, 1.82) is 0 Å². The van der Waals surface area contributed by atoms with Crippen molar-refractivity contribution in [2.45, 2.75) is 50.1 Å². The summed E-state index contributed by atoms with van der Waals surface area (Å²) in [6.07, 6.45) is 8.93. The molecule has 1 aliphatic carbocycles. The van der Waals surface area contributed by atoms with Gasteiger partial charge in [-0.15, -0.1) is 20.4 Å². The molecule has 0 spiro atoms. The maximum absolute atomic E-state index is 12.3. The van der Waals surface area contributed by atoms with Gasteiger partial charge in [-0.25, -0.2) is 0 Å². The summed E-state index contributed by atoms with van der Waals surface area (Å²) in [6, 6.07) is 9.81. The Morgan fingerprint density at radius 2 is 1.93 bits per heavy atom. The molecule has 1 amide bonds. The van der Waals surface area contributed by atoms with Crippen LogP contribution in [0.2, 0.25) is 0 Å². The van der Waals surface area contributed by atoms with E-state index in [2.05, 4.69) is 25.7 Å². The number of thioether (sulfide) groups is 1. The number of hydrogen-bond donors (Lipinski definition) is 1. The van der Waals surface area contributed by atoms with Gasteiger partial charge in [0, 0.05) is 19.0 Å². The lowest BCUT2D eigenvalue weighted by molar-refractivity contribution is -0.113. The fraction of sp³-hybridized carbons (Fsp3) is 0.476. The van der Waals surface area contributed by atoms with Crippen molar-refractivity contribution in [2.24, 2.45) is 13.0 Å². The Kier molecular flexibility index (Phi) is 7.11. The summed E-state index contributed by atoms with van der Waals surface area (Å²) in [5.41, 5.74) is 0.990. The first-order chi connectivity index (χ1) is 14.7. The second-order valence-corrected chi connectivity index (χ2v) is 9.54. The summed E-state index contributed by atoms with van der Waals surface area (Å²) in [6.45, 7) is 0. The minimum atomic E-state index is -0.123. The highest BCUT2D eigenvalue weighted by Gasteiger charge is 2.17. The third-order valence-electron chi connectivity index (χ3n) is 5.45. The number of nitrogens with zero attached hydrogens (tertiary/aromatic N) is 5. The third kappa shape index (κ3) is 5.46. The molecule has 0 unspecified atom stereocenters. The molecule has 2 aromatic heterocycles. The number of rotatable bonds is 8. The quantitative estimate of drug-likeness (QED) is 0.514. The van der Waals surface area contributed by atoms with Crippen LogP contribution in [0.25, 0.3) is 10.6 Å². The normalized spacial score (nSPS) is 14.7. The van der Waals surface area contributed by atoms with Gasteiger partial charge < -0.3 is 4.57 Å². The molecule has 0 saturated heterocycles. The number of aromatic nitrogens is 5. The zero-order valence-electron chi connectivity index (χ0n) is 17.1. The predicted octanol–water partition coefficient (Wildman–Crippen LogP) is 4.58. The average Bonchev–Trinajstić information content (AvgIpc) is 3.39. The molecular weight excluding hydrogens is 416 g/mol. The van der Waals surface area contributed by atoms with Gasteiger partial charge in [-0.2, -0.15) is 0 Å². The van der Waals surface area contributed by atoms with Gasteiger partial charge in [0.25, 0.3) is 0 Å². The number of anilines is 1. The lowest BCUT2D eigenvalue weighted by atomic mass is 9.86. The molecule has 158 valence electrons. The molecule has 0 aliphatic heterocycles. The van der Waals surface area contributed by atoms with Crippen LogP contribution in [-0.2, 0) is 18.3 Å². The Bertz CT molecular complexity index is 965. The molecule has 4 rings (SSSR count). The molecule has 1 aliphatic rings. The van der Waals surface area contributed by atoms with E-state index in [1.165, 1.54) is 61.6 Å². The van der Waals surface area contributed by atoms with Gasteiger partial charge in [0.1, 0.15) is 10.8 Å². The molecule has 3 aromatic rings. The minimum Gasteiger partial charge on any atom is -0.309 e. The number of carbonyl (C=O) groups excluding carboxylic acids is 1. The van der Waals surface area contributed by atoms with Gasteiger partial charge in [-0.1, -0.05) is 85.5 Å². The van der Waals surface area contributed by atoms with Crippen molar-refractivity contribution >= 4 is 34.1 Å². The van der Waals surface area contributed by atoms with E-state index >= 15 is 0 Å². The van der Waals surface area contributed by atoms with E-state index in [0.717, 1.165) is 33.9 Å². The first-order valence-corrected chi connectivity index (χ1v) is 12.2. The number of benzene rings is 1. The largest absolute Gasteiger partial charge is 0.309 e. The summed E-state index contributed by atoms with van der Waals surface area (Å²) in [5.74, 6) is 1.96. The highest BCUT2D eigenvalue weighted by atomic mass is 32.2.